The molecule has 39 heavy (non-hydrogen) atoms. The second-order valence-corrected chi connectivity index (χ2v) is 8.14. The van der Waals surface area contributed by atoms with Gasteiger partial charge in [-0.05, 0) is 59.3 Å². The number of esters is 1. The number of hydrazone groups is 1. The SMILES string of the molecule is COc1ccc(C(=O)Oc2ccc3ccccc3c2/C=N\NC(=O)CNC(=O)c2ccc(F)cc2)cc1OC. The largest absolute Gasteiger partial charge is 0.493 e. The molecule has 198 valence electrons. The summed E-state index contributed by atoms with van der Waals surface area (Å²) in [4.78, 5) is 37.3. The van der Waals surface area contributed by atoms with Gasteiger partial charge in [-0.25, -0.2) is 14.6 Å². The van der Waals surface area contributed by atoms with Crippen molar-refractivity contribution in [3.63, 3.8) is 0 Å². The summed E-state index contributed by atoms with van der Waals surface area (Å²) in [5, 5.41) is 8.02. The fraction of sp³-hybridized carbons (Fsp3) is 0.103. The Morgan fingerprint density at radius 2 is 1.54 bits per heavy atom. The van der Waals surface area contributed by atoms with Gasteiger partial charge >= 0.3 is 5.97 Å². The average molecular weight is 530 g/mol. The standard InChI is InChI=1S/C29H24FN3O6/c1-37-25-14-10-20(15-26(25)38-2)29(36)39-24-13-9-18-5-3-4-6-22(18)23(24)16-32-33-27(34)17-31-28(35)19-7-11-21(30)12-8-19/h3-16H,17H2,1-2H3,(H,31,35)(H,33,34)/b32-16-. The molecule has 0 aliphatic rings. The van der Waals surface area contributed by atoms with Crippen LogP contribution >= 0.6 is 0 Å². The molecule has 0 saturated carbocycles. The Hall–Kier alpha value is -5.25. The van der Waals surface area contributed by atoms with E-state index in [-0.39, 0.29) is 23.4 Å². The molecule has 2 amide bonds. The molecule has 0 heterocycles. The van der Waals surface area contributed by atoms with E-state index in [9.17, 15) is 18.8 Å². The quantitative estimate of drug-likeness (QED) is 0.146. The van der Waals surface area contributed by atoms with Crippen LogP contribution in [0.3, 0.4) is 0 Å². The third kappa shape index (κ3) is 6.55. The first-order chi connectivity index (χ1) is 18.9. The number of hydrogen-bond acceptors (Lipinski definition) is 7. The number of carbonyl (C=O) groups excluding carboxylic acids is 3. The zero-order valence-electron chi connectivity index (χ0n) is 21.1. The van der Waals surface area contributed by atoms with Crippen LogP contribution in [0.15, 0.2) is 84.0 Å². The van der Waals surface area contributed by atoms with E-state index in [1.165, 1.54) is 38.6 Å². The molecule has 0 aliphatic carbocycles. The highest BCUT2D eigenvalue weighted by atomic mass is 19.1. The molecule has 0 saturated heterocycles. The van der Waals surface area contributed by atoms with Gasteiger partial charge in [0.15, 0.2) is 11.5 Å². The second-order valence-electron chi connectivity index (χ2n) is 8.14. The Bertz CT molecular complexity index is 1550. The normalized spacial score (nSPS) is 10.7. The van der Waals surface area contributed by atoms with E-state index in [0.717, 1.165) is 22.9 Å². The highest BCUT2D eigenvalue weighted by Crippen LogP contribution is 2.30. The summed E-state index contributed by atoms with van der Waals surface area (Å²) < 4.78 is 29.2. The van der Waals surface area contributed by atoms with Gasteiger partial charge in [-0.2, -0.15) is 5.10 Å². The Morgan fingerprint density at radius 1 is 0.846 bits per heavy atom. The molecule has 4 aromatic rings. The number of methoxy groups -OCH3 is 2. The minimum absolute atomic E-state index is 0.212. The predicted octanol–water partition coefficient (Wildman–Crippen LogP) is 4.10. The minimum atomic E-state index is -0.631. The molecule has 9 nitrogen and oxygen atoms in total. The van der Waals surface area contributed by atoms with E-state index in [0.29, 0.717) is 17.1 Å². The first-order valence-corrected chi connectivity index (χ1v) is 11.7. The Morgan fingerprint density at radius 3 is 2.28 bits per heavy atom. The minimum Gasteiger partial charge on any atom is -0.493 e. The number of nitrogens with one attached hydrogen (secondary N) is 2. The van der Waals surface area contributed by atoms with Crippen molar-refractivity contribution in [2.75, 3.05) is 20.8 Å². The molecule has 10 heteroatoms. The Labute approximate surface area is 223 Å². The van der Waals surface area contributed by atoms with Gasteiger partial charge in [0.05, 0.1) is 32.5 Å². The van der Waals surface area contributed by atoms with E-state index in [1.807, 2.05) is 24.3 Å². The summed E-state index contributed by atoms with van der Waals surface area (Å²) in [6.07, 6.45) is 1.36. The number of ether oxygens (including phenoxy) is 3. The Kier molecular flexibility index (Phi) is 8.47. The number of nitrogens with zero attached hydrogens (tertiary/aromatic N) is 1. The van der Waals surface area contributed by atoms with Crippen LogP contribution in [-0.2, 0) is 4.79 Å². The van der Waals surface area contributed by atoms with Gasteiger partial charge in [0.25, 0.3) is 11.8 Å². The van der Waals surface area contributed by atoms with Gasteiger partial charge in [-0.15, -0.1) is 0 Å². The number of benzene rings is 4. The molecule has 0 bridgehead atoms. The van der Waals surface area contributed by atoms with Crippen molar-refractivity contribution in [3.05, 3.63) is 101 Å². The third-order valence-corrected chi connectivity index (χ3v) is 5.65. The fourth-order valence-electron chi connectivity index (χ4n) is 3.69. The predicted molar refractivity (Wildman–Crippen MR) is 143 cm³/mol. The molecular formula is C29H24FN3O6. The topological polar surface area (TPSA) is 115 Å². The smallest absolute Gasteiger partial charge is 0.343 e. The number of rotatable bonds is 9. The maximum Gasteiger partial charge on any atom is 0.343 e. The molecular weight excluding hydrogens is 505 g/mol. The maximum absolute atomic E-state index is 13.0. The van der Waals surface area contributed by atoms with E-state index in [4.69, 9.17) is 14.2 Å². The van der Waals surface area contributed by atoms with E-state index >= 15 is 0 Å². The summed E-state index contributed by atoms with van der Waals surface area (Å²) in [7, 11) is 2.96. The summed E-state index contributed by atoms with van der Waals surface area (Å²) >= 11 is 0. The number of amides is 2. The number of hydrogen-bond donors (Lipinski definition) is 2. The zero-order chi connectivity index (χ0) is 27.8. The number of fused-ring (bicyclic) bond motifs is 1. The van der Waals surface area contributed by atoms with Crippen LogP contribution in [0.2, 0.25) is 0 Å². The lowest BCUT2D eigenvalue weighted by molar-refractivity contribution is -0.120. The molecule has 0 unspecified atom stereocenters. The van der Waals surface area contributed by atoms with Gasteiger partial charge in [0, 0.05) is 11.1 Å². The lowest BCUT2D eigenvalue weighted by Gasteiger charge is -2.12. The number of halogens is 1. The van der Waals surface area contributed by atoms with Gasteiger partial charge in [-0.3, -0.25) is 9.59 Å². The lowest BCUT2D eigenvalue weighted by atomic mass is 10.0. The van der Waals surface area contributed by atoms with Crippen LogP contribution in [0.4, 0.5) is 4.39 Å². The van der Waals surface area contributed by atoms with Crippen molar-refractivity contribution in [1.82, 2.24) is 10.7 Å². The highest BCUT2D eigenvalue weighted by Gasteiger charge is 2.16. The molecule has 0 aromatic heterocycles. The van der Waals surface area contributed by atoms with E-state index in [2.05, 4.69) is 15.8 Å². The van der Waals surface area contributed by atoms with Crippen molar-refractivity contribution in [2.45, 2.75) is 0 Å². The van der Waals surface area contributed by atoms with Crippen molar-refractivity contribution < 1.29 is 33.0 Å². The zero-order valence-corrected chi connectivity index (χ0v) is 21.1. The van der Waals surface area contributed by atoms with Gasteiger partial charge in [-0.1, -0.05) is 30.3 Å². The van der Waals surface area contributed by atoms with E-state index < -0.39 is 23.6 Å². The maximum atomic E-state index is 13.0. The fourth-order valence-corrected chi connectivity index (χ4v) is 3.69. The molecule has 0 radical (unpaired) electrons. The van der Waals surface area contributed by atoms with Crippen molar-refractivity contribution >= 4 is 34.8 Å². The monoisotopic (exact) mass is 529 g/mol. The van der Waals surface area contributed by atoms with Crippen LogP contribution in [-0.4, -0.2) is 44.8 Å². The molecule has 0 spiro atoms. The molecule has 2 N–H and O–H groups in total. The molecule has 4 rings (SSSR count). The Balaban J connectivity index is 1.49. The van der Waals surface area contributed by atoms with Crippen molar-refractivity contribution in [3.8, 4) is 17.2 Å². The summed E-state index contributed by atoms with van der Waals surface area (Å²) in [5.41, 5.74) is 3.25. The van der Waals surface area contributed by atoms with Crippen LogP contribution in [0.1, 0.15) is 26.3 Å². The molecule has 0 atom stereocenters. The molecule has 4 aromatic carbocycles. The average Bonchev–Trinajstić information content (AvgIpc) is 2.96. The van der Waals surface area contributed by atoms with Gasteiger partial charge < -0.3 is 19.5 Å². The molecule has 0 fully saturated rings. The summed E-state index contributed by atoms with van der Waals surface area (Å²) in [6.45, 7) is -0.357. The van der Waals surface area contributed by atoms with Crippen LogP contribution in [0.5, 0.6) is 17.2 Å². The number of carbonyl (C=O) groups is 3. The second kappa shape index (κ2) is 12.3. The highest BCUT2D eigenvalue weighted by molar-refractivity contribution is 6.04. The van der Waals surface area contributed by atoms with Gasteiger partial charge in [0.1, 0.15) is 11.6 Å². The molecule has 0 aliphatic heterocycles. The first-order valence-electron chi connectivity index (χ1n) is 11.7. The third-order valence-electron chi connectivity index (χ3n) is 5.65. The van der Waals surface area contributed by atoms with Crippen molar-refractivity contribution in [2.24, 2.45) is 5.10 Å². The van der Waals surface area contributed by atoms with Gasteiger partial charge in [0.2, 0.25) is 0 Å². The van der Waals surface area contributed by atoms with Crippen molar-refractivity contribution in [1.29, 1.82) is 0 Å². The first kappa shape index (κ1) is 26.8. The van der Waals surface area contributed by atoms with Crippen LogP contribution < -0.4 is 25.0 Å². The lowest BCUT2D eigenvalue weighted by Crippen LogP contribution is -2.34. The van der Waals surface area contributed by atoms with Crippen LogP contribution in [0, 0.1) is 5.82 Å². The van der Waals surface area contributed by atoms with Crippen LogP contribution in [0.25, 0.3) is 10.8 Å². The van der Waals surface area contributed by atoms with E-state index in [1.54, 1.807) is 24.3 Å². The summed E-state index contributed by atoms with van der Waals surface area (Å²) in [5.74, 6) is -1.16. The summed E-state index contributed by atoms with van der Waals surface area (Å²) in [6, 6.07) is 20.4.